The molecule has 5 rings (SSSR count). The smallest absolute Gasteiger partial charge is 0.264 e. The van der Waals surface area contributed by atoms with E-state index in [2.05, 4.69) is 28.7 Å². The fraction of sp³-hybridized carbons (Fsp3) is 0.0909. The maximum Gasteiger partial charge on any atom is 0.264 e. The van der Waals surface area contributed by atoms with E-state index in [4.69, 9.17) is 27.9 Å². The summed E-state index contributed by atoms with van der Waals surface area (Å²) in [5.41, 5.74) is 5.21. The van der Waals surface area contributed by atoms with Crippen LogP contribution in [0.15, 0.2) is 119 Å². The van der Waals surface area contributed by atoms with Gasteiger partial charge in [0, 0.05) is 5.02 Å². The predicted molar refractivity (Wildman–Crippen MR) is 173 cm³/mol. The fourth-order valence-electron chi connectivity index (χ4n) is 4.39. The zero-order valence-electron chi connectivity index (χ0n) is 23.1. The van der Waals surface area contributed by atoms with Crippen molar-refractivity contribution >= 4 is 61.8 Å². The Morgan fingerprint density at radius 1 is 0.907 bits per heavy atom. The molecule has 0 aromatic heterocycles. The van der Waals surface area contributed by atoms with E-state index in [0.717, 1.165) is 26.2 Å². The van der Waals surface area contributed by atoms with Gasteiger partial charge in [0.05, 0.1) is 21.8 Å². The average Bonchev–Trinajstić information content (AvgIpc) is 3.00. The van der Waals surface area contributed by atoms with Gasteiger partial charge in [-0.3, -0.25) is 9.10 Å². The molecule has 1 amide bonds. The summed E-state index contributed by atoms with van der Waals surface area (Å²) in [6.45, 7) is 1.71. The summed E-state index contributed by atoms with van der Waals surface area (Å²) in [6.07, 6.45) is 1.46. The van der Waals surface area contributed by atoms with Crippen molar-refractivity contribution in [2.24, 2.45) is 5.10 Å². The van der Waals surface area contributed by atoms with Crippen molar-refractivity contribution in [1.82, 2.24) is 5.43 Å². The van der Waals surface area contributed by atoms with E-state index >= 15 is 0 Å². The highest BCUT2D eigenvalue weighted by molar-refractivity contribution is 7.92. The van der Waals surface area contributed by atoms with Gasteiger partial charge >= 0.3 is 0 Å². The molecule has 0 bridgehead atoms. The fourth-order valence-corrected chi connectivity index (χ4v) is 6.40. The summed E-state index contributed by atoms with van der Waals surface area (Å²) in [7, 11) is -4.14. The highest BCUT2D eigenvalue weighted by Gasteiger charge is 2.28. The number of nitrogens with zero attached hydrogens (tertiary/aromatic N) is 2. The number of aryl methyl sites for hydroxylation is 1. The number of sulfonamides is 1. The molecule has 10 heteroatoms. The standard InChI is InChI=1S/C33H27Cl2N3O4S/c1-23-9-16-29(17-10-23)43(40,41)38(32-18-13-27(34)19-31(32)35)21-33(39)37-36-20-24-11-14-28(15-12-24)42-22-26-7-4-6-25-5-2-3-8-30(25)26/h2-20H,21-22H2,1H3,(H,37,39)/b36-20+. The van der Waals surface area contributed by atoms with E-state index in [-0.39, 0.29) is 15.6 Å². The lowest BCUT2D eigenvalue weighted by Gasteiger charge is -2.24. The molecule has 0 radical (unpaired) electrons. The second kappa shape index (κ2) is 13.3. The third-order valence-electron chi connectivity index (χ3n) is 6.63. The summed E-state index contributed by atoms with van der Waals surface area (Å²) >= 11 is 12.4. The number of hydrazone groups is 1. The van der Waals surface area contributed by atoms with Gasteiger partial charge in [0.2, 0.25) is 0 Å². The van der Waals surface area contributed by atoms with Crippen molar-refractivity contribution in [3.63, 3.8) is 0 Å². The van der Waals surface area contributed by atoms with Gasteiger partial charge in [0.15, 0.2) is 0 Å². The van der Waals surface area contributed by atoms with Crippen LogP contribution >= 0.6 is 23.2 Å². The number of fused-ring (bicyclic) bond motifs is 1. The van der Waals surface area contributed by atoms with E-state index < -0.39 is 22.5 Å². The molecule has 43 heavy (non-hydrogen) atoms. The number of carbonyl (C=O) groups excluding carboxylic acids is 1. The topological polar surface area (TPSA) is 88.1 Å². The molecule has 1 N–H and O–H groups in total. The van der Waals surface area contributed by atoms with Crippen LogP contribution in [0.3, 0.4) is 0 Å². The van der Waals surface area contributed by atoms with E-state index in [0.29, 0.717) is 22.9 Å². The van der Waals surface area contributed by atoms with E-state index in [1.165, 1.54) is 36.5 Å². The normalized spacial score (nSPS) is 11.5. The van der Waals surface area contributed by atoms with Crippen LogP contribution in [0, 0.1) is 6.92 Å². The van der Waals surface area contributed by atoms with Crippen molar-refractivity contribution < 1.29 is 17.9 Å². The third-order valence-corrected chi connectivity index (χ3v) is 8.94. The lowest BCUT2D eigenvalue weighted by molar-refractivity contribution is -0.119. The van der Waals surface area contributed by atoms with Gasteiger partial charge in [-0.05, 0) is 83.4 Å². The Bertz CT molecular complexity index is 1890. The number of halogens is 2. The van der Waals surface area contributed by atoms with Gasteiger partial charge in [-0.1, -0.05) is 83.4 Å². The molecule has 5 aromatic carbocycles. The van der Waals surface area contributed by atoms with Crippen LogP contribution in [0.1, 0.15) is 16.7 Å². The van der Waals surface area contributed by atoms with Crippen LogP contribution < -0.4 is 14.5 Å². The Morgan fingerprint density at radius 2 is 1.63 bits per heavy atom. The second-order valence-corrected chi connectivity index (χ2v) is 12.4. The zero-order chi connectivity index (χ0) is 30.4. The van der Waals surface area contributed by atoms with Crippen molar-refractivity contribution in [3.05, 3.63) is 136 Å². The van der Waals surface area contributed by atoms with Gasteiger partial charge in [-0.15, -0.1) is 0 Å². The second-order valence-electron chi connectivity index (χ2n) is 9.71. The molecule has 0 heterocycles. The Balaban J connectivity index is 1.24. The molecular weight excluding hydrogens is 605 g/mol. The number of rotatable bonds is 10. The number of anilines is 1. The summed E-state index contributed by atoms with van der Waals surface area (Å²) in [5.74, 6) is 0.0268. The Kier molecular flexibility index (Phi) is 9.31. The van der Waals surface area contributed by atoms with Crippen LogP contribution in [-0.4, -0.2) is 27.1 Å². The van der Waals surface area contributed by atoms with Gasteiger partial charge in [0.1, 0.15) is 18.9 Å². The Morgan fingerprint density at radius 3 is 2.37 bits per heavy atom. The molecule has 0 saturated carbocycles. The van der Waals surface area contributed by atoms with Crippen molar-refractivity contribution in [2.75, 3.05) is 10.8 Å². The maximum absolute atomic E-state index is 13.6. The first-order valence-electron chi connectivity index (χ1n) is 13.3. The molecule has 0 unspecified atom stereocenters. The number of ether oxygens (including phenoxy) is 1. The molecule has 5 aromatic rings. The minimum atomic E-state index is -4.14. The number of hydrogen-bond acceptors (Lipinski definition) is 5. The molecule has 7 nitrogen and oxygen atoms in total. The first kappa shape index (κ1) is 30.1. The first-order chi connectivity index (χ1) is 20.7. The van der Waals surface area contributed by atoms with E-state index in [1.54, 1.807) is 24.3 Å². The number of nitrogens with one attached hydrogen (secondary N) is 1. The van der Waals surface area contributed by atoms with Crippen molar-refractivity contribution in [2.45, 2.75) is 18.4 Å². The molecule has 218 valence electrons. The largest absolute Gasteiger partial charge is 0.489 e. The molecule has 0 atom stereocenters. The Hall–Kier alpha value is -4.37. The summed E-state index contributed by atoms with van der Waals surface area (Å²) in [6, 6.07) is 32.2. The monoisotopic (exact) mass is 631 g/mol. The molecule has 0 spiro atoms. The van der Waals surface area contributed by atoms with Crippen LogP contribution in [-0.2, 0) is 21.4 Å². The lowest BCUT2D eigenvalue weighted by Crippen LogP contribution is -2.39. The van der Waals surface area contributed by atoms with Gasteiger partial charge in [-0.2, -0.15) is 5.10 Å². The predicted octanol–water partition coefficient (Wildman–Crippen LogP) is 7.38. The molecule has 0 fully saturated rings. The van der Waals surface area contributed by atoms with Crippen molar-refractivity contribution in [1.29, 1.82) is 0 Å². The van der Waals surface area contributed by atoms with Crippen LogP contribution in [0.2, 0.25) is 10.0 Å². The van der Waals surface area contributed by atoms with Gasteiger partial charge in [-0.25, -0.2) is 13.8 Å². The van der Waals surface area contributed by atoms with Crippen LogP contribution in [0.5, 0.6) is 5.75 Å². The number of hydrogen-bond donors (Lipinski definition) is 1. The summed E-state index contributed by atoms with van der Waals surface area (Å²) in [5, 5.41) is 6.73. The Labute approximate surface area is 260 Å². The first-order valence-corrected chi connectivity index (χ1v) is 15.5. The minimum Gasteiger partial charge on any atom is -0.489 e. The molecule has 0 aliphatic carbocycles. The summed E-state index contributed by atoms with van der Waals surface area (Å²) < 4.78 is 34.0. The number of benzene rings is 5. The van der Waals surface area contributed by atoms with Gasteiger partial charge in [0.25, 0.3) is 15.9 Å². The zero-order valence-corrected chi connectivity index (χ0v) is 25.4. The lowest BCUT2D eigenvalue weighted by atomic mass is 10.1. The molecule has 0 aliphatic heterocycles. The minimum absolute atomic E-state index is 0.0168. The van der Waals surface area contributed by atoms with E-state index in [1.807, 2.05) is 43.3 Å². The maximum atomic E-state index is 13.6. The molecule has 0 aliphatic rings. The third kappa shape index (κ3) is 7.35. The quantitative estimate of drug-likeness (QED) is 0.129. The highest BCUT2D eigenvalue weighted by atomic mass is 35.5. The number of amides is 1. The van der Waals surface area contributed by atoms with E-state index in [9.17, 15) is 13.2 Å². The number of carbonyl (C=O) groups is 1. The molecule has 0 saturated heterocycles. The van der Waals surface area contributed by atoms with Crippen molar-refractivity contribution in [3.8, 4) is 5.75 Å². The average molecular weight is 633 g/mol. The molecular formula is C33H27Cl2N3O4S. The highest BCUT2D eigenvalue weighted by Crippen LogP contribution is 2.32. The summed E-state index contributed by atoms with van der Waals surface area (Å²) in [4.78, 5) is 12.9. The SMILES string of the molecule is Cc1ccc(S(=O)(=O)N(CC(=O)N/N=C/c2ccc(OCc3cccc4ccccc34)cc2)c2ccc(Cl)cc2Cl)cc1. The van der Waals surface area contributed by atoms with Crippen LogP contribution in [0.4, 0.5) is 5.69 Å². The van der Waals surface area contributed by atoms with Crippen LogP contribution in [0.25, 0.3) is 10.8 Å². The van der Waals surface area contributed by atoms with Gasteiger partial charge < -0.3 is 4.74 Å².